The fraction of sp³-hybridized carbons (Fsp3) is 0.769. The van der Waals surface area contributed by atoms with Crippen LogP contribution < -0.4 is 0 Å². The van der Waals surface area contributed by atoms with Crippen molar-refractivity contribution in [3.05, 3.63) is 12.2 Å². The maximum Gasteiger partial charge on any atom is 0.438 e. The summed E-state index contributed by atoms with van der Waals surface area (Å²) in [6.45, 7) is 2.83. The largest absolute Gasteiger partial charge is 0.457 e. The van der Waals surface area contributed by atoms with Crippen molar-refractivity contribution in [3.8, 4) is 0 Å². The minimum Gasteiger partial charge on any atom is -0.457 e. The van der Waals surface area contributed by atoms with Crippen molar-refractivity contribution < 1.29 is 62.9 Å². The predicted octanol–water partition coefficient (Wildman–Crippen LogP) is 4.35. The second-order valence-electron chi connectivity index (χ2n) is 5.46. The Labute approximate surface area is 144 Å². The van der Waals surface area contributed by atoms with E-state index in [-0.39, 0.29) is 5.57 Å². The Hall–Kier alpha value is -1.60. The summed E-state index contributed by atoms with van der Waals surface area (Å²) in [6, 6.07) is 0. The third-order valence-electron chi connectivity index (χ3n) is 3.28. The van der Waals surface area contributed by atoms with E-state index in [2.05, 4.69) is 11.3 Å². The van der Waals surface area contributed by atoms with Crippen LogP contribution in [0.25, 0.3) is 0 Å². The quantitative estimate of drug-likeness (QED) is 0.357. The van der Waals surface area contributed by atoms with Gasteiger partial charge in [-0.15, -0.1) is 0 Å². The summed E-state index contributed by atoms with van der Waals surface area (Å²) < 4.78 is 146. The van der Waals surface area contributed by atoms with Crippen LogP contribution >= 0.6 is 0 Å². The zero-order valence-corrected chi connectivity index (χ0v) is 13.3. The first kappa shape index (κ1) is 25.4. The number of hydrogen-bond donors (Lipinski definition) is 1. The zero-order valence-electron chi connectivity index (χ0n) is 13.3. The Kier molecular flexibility index (Phi) is 7.33. The van der Waals surface area contributed by atoms with Crippen LogP contribution in [0.4, 0.5) is 48.3 Å². The maximum atomic E-state index is 13.5. The summed E-state index contributed by atoms with van der Waals surface area (Å²) in [5.41, 5.74) is -7.87. The summed E-state index contributed by atoms with van der Waals surface area (Å²) in [7, 11) is 0. The molecule has 160 valence electrons. The molecule has 0 bridgehead atoms. The lowest BCUT2D eigenvalue weighted by Crippen LogP contribution is -2.70. The number of esters is 1. The van der Waals surface area contributed by atoms with Gasteiger partial charge in [0.05, 0.1) is 6.61 Å². The lowest BCUT2D eigenvalue weighted by Gasteiger charge is -2.39. The van der Waals surface area contributed by atoms with E-state index in [4.69, 9.17) is 5.11 Å². The lowest BCUT2D eigenvalue weighted by molar-refractivity contribution is -0.427. The molecule has 0 aliphatic heterocycles. The van der Waals surface area contributed by atoms with Crippen molar-refractivity contribution in [3.63, 3.8) is 0 Å². The number of aliphatic hydroxyl groups is 1. The summed E-state index contributed by atoms with van der Waals surface area (Å²) in [5, 5.41) is 8.80. The van der Waals surface area contributed by atoms with Gasteiger partial charge in [-0.3, -0.25) is 0 Å². The molecule has 1 atom stereocenters. The van der Waals surface area contributed by atoms with E-state index in [1.807, 2.05) is 0 Å². The molecular formula is C13H13F11O3. The number of carbonyl (C=O) groups excluding carboxylic acids is 1. The van der Waals surface area contributed by atoms with Crippen molar-refractivity contribution in [1.29, 1.82) is 0 Å². The molecule has 0 aliphatic carbocycles. The molecule has 0 spiro atoms. The van der Waals surface area contributed by atoms with Gasteiger partial charge in [0.25, 0.3) is 0 Å². The van der Waals surface area contributed by atoms with Crippen molar-refractivity contribution in [2.75, 3.05) is 6.61 Å². The van der Waals surface area contributed by atoms with Gasteiger partial charge in [-0.05, 0) is 13.3 Å². The second kappa shape index (κ2) is 7.80. The average Bonchev–Trinajstić information content (AvgIpc) is 2.47. The van der Waals surface area contributed by atoms with Gasteiger partial charge in [-0.25, -0.2) is 9.18 Å². The number of halogens is 11. The number of hydrogen-bond acceptors (Lipinski definition) is 3. The highest BCUT2D eigenvalue weighted by Crippen LogP contribution is 2.59. The van der Waals surface area contributed by atoms with Crippen LogP contribution in [-0.4, -0.2) is 53.7 Å². The molecule has 0 saturated heterocycles. The lowest BCUT2D eigenvalue weighted by atomic mass is 9.88. The molecule has 0 aromatic carbocycles. The minimum absolute atomic E-state index is 0.331. The zero-order chi connectivity index (χ0) is 22.1. The second-order valence-corrected chi connectivity index (χ2v) is 5.46. The Morgan fingerprint density at radius 2 is 1.37 bits per heavy atom. The van der Waals surface area contributed by atoms with Crippen LogP contribution in [0.3, 0.4) is 0 Å². The third kappa shape index (κ3) is 4.82. The fourth-order valence-electron chi connectivity index (χ4n) is 1.71. The standard InChI is InChI=1S/C13H13F11O3/c1-6(2)8(26)27-7(5-25)3-4-9(14,15)11(17,18)10(16,12(19,20)21)13(22,23)24/h7,25H,1,3-5H2,2H3. The molecule has 14 heteroatoms. The number of alkyl halides is 11. The predicted molar refractivity (Wildman–Crippen MR) is 66.9 cm³/mol. The molecule has 1 N–H and O–H groups in total. The van der Waals surface area contributed by atoms with Crippen LogP contribution in [0.5, 0.6) is 0 Å². The van der Waals surface area contributed by atoms with Gasteiger partial charge < -0.3 is 9.84 Å². The molecule has 1 unspecified atom stereocenters. The van der Waals surface area contributed by atoms with Gasteiger partial charge >= 0.3 is 35.8 Å². The van der Waals surface area contributed by atoms with E-state index in [0.29, 0.717) is 0 Å². The molecule has 0 aromatic heterocycles. The highest BCUT2D eigenvalue weighted by atomic mass is 19.4. The third-order valence-corrected chi connectivity index (χ3v) is 3.28. The van der Waals surface area contributed by atoms with Crippen LogP contribution in [-0.2, 0) is 9.53 Å². The molecule has 0 aliphatic rings. The summed E-state index contributed by atoms with van der Waals surface area (Å²) in [5.74, 6) is -14.7. The van der Waals surface area contributed by atoms with Gasteiger partial charge in [-0.1, -0.05) is 6.58 Å². The monoisotopic (exact) mass is 426 g/mol. The van der Waals surface area contributed by atoms with Gasteiger partial charge in [0.15, 0.2) is 0 Å². The number of aliphatic hydroxyl groups excluding tert-OH is 1. The Morgan fingerprint density at radius 3 is 1.67 bits per heavy atom. The van der Waals surface area contributed by atoms with Crippen LogP contribution in [0, 0.1) is 0 Å². The van der Waals surface area contributed by atoms with Crippen molar-refractivity contribution in [1.82, 2.24) is 0 Å². The summed E-state index contributed by atoms with van der Waals surface area (Å²) >= 11 is 0. The maximum absolute atomic E-state index is 13.5. The first-order valence-corrected chi connectivity index (χ1v) is 6.81. The smallest absolute Gasteiger partial charge is 0.438 e. The normalized spacial score (nSPS) is 15.4. The van der Waals surface area contributed by atoms with E-state index < -0.39 is 61.4 Å². The Bertz CT molecular complexity index is 537. The van der Waals surface area contributed by atoms with E-state index in [1.54, 1.807) is 0 Å². The molecule has 0 radical (unpaired) electrons. The highest BCUT2D eigenvalue weighted by Gasteiger charge is 2.89. The molecule has 0 aromatic rings. The molecule has 0 amide bonds. The van der Waals surface area contributed by atoms with Crippen molar-refractivity contribution in [2.24, 2.45) is 0 Å². The van der Waals surface area contributed by atoms with Gasteiger partial charge in [0.2, 0.25) is 0 Å². The van der Waals surface area contributed by atoms with Gasteiger partial charge in [-0.2, -0.15) is 43.9 Å². The van der Waals surface area contributed by atoms with Gasteiger partial charge in [0.1, 0.15) is 6.10 Å². The van der Waals surface area contributed by atoms with E-state index in [9.17, 15) is 53.1 Å². The highest BCUT2D eigenvalue weighted by molar-refractivity contribution is 5.87. The van der Waals surface area contributed by atoms with Crippen molar-refractivity contribution >= 4 is 5.97 Å². The number of ether oxygens (including phenoxy) is 1. The molecular weight excluding hydrogens is 413 g/mol. The Morgan fingerprint density at radius 1 is 0.963 bits per heavy atom. The Balaban J connectivity index is 5.70. The van der Waals surface area contributed by atoms with Crippen molar-refractivity contribution in [2.45, 2.75) is 55.7 Å². The molecule has 0 saturated carbocycles. The average molecular weight is 426 g/mol. The minimum atomic E-state index is -7.54. The molecule has 27 heavy (non-hydrogen) atoms. The molecule has 0 heterocycles. The van der Waals surface area contributed by atoms with E-state index >= 15 is 0 Å². The summed E-state index contributed by atoms with van der Waals surface area (Å²) in [6.07, 6.45) is -20.8. The molecule has 3 nitrogen and oxygen atoms in total. The number of rotatable bonds is 8. The first-order chi connectivity index (χ1) is 11.8. The van der Waals surface area contributed by atoms with E-state index in [0.717, 1.165) is 6.92 Å². The van der Waals surface area contributed by atoms with Crippen LogP contribution in [0.15, 0.2) is 12.2 Å². The van der Waals surface area contributed by atoms with E-state index in [1.165, 1.54) is 0 Å². The van der Waals surface area contributed by atoms with Gasteiger partial charge in [0, 0.05) is 12.0 Å². The SMILES string of the molecule is C=C(C)C(=O)OC(CO)CCC(F)(F)C(F)(F)C(F)(C(F)(F)F)C(F)(F)F. The molecule has 0 fully saturated rings. The first-order valence-electron chi connectivity index (χ1n) is 6.81. The summed E-state index contributed by atoms with van der Waals surface area (Å²) in [4.78, 5) is 11.1. The number of carbonyl (C=O) groups is 1. The topological polar surface area (TPSA) is 46.5 Å². The molecule has 0 rings (SSSR count). The van der Waals surface area contributed by atoms with Crippen LogP contribution in [0.2, 0.25) is 0 Å². The fourth-order valence-corrected chi connectivity index (χ4v) is 1.71. The van der Waals surface area contributed by atoms with Crippen LogP contribution in [0.1, 0.15) is 19.8 Å².